The second-order valence-corrected chi connectivity index (χ2v) is 6.03. The van der Waals surface area contributed by atoms with Crippen molar-refractivity contribution in [2.75, 3.05) is 6.61 Å². The van der Waals surface area contributed by atoms with Crippen LogP contribution in [-0.2, 0) is 0 Å². The van der Waals surface area contributed by atoms with Crippen LogP contribution in [-0.4, -0.2) is 33.6 Å². The van der Waals surface area contributed by atoms with Crippen LogP contribution in [0.25, 0.3) is 0 Å². The predicted molar refractivity (Wildman–Crippen MR) is 73.9 cm³/mol. The number of hydrogen-bond acceptors (Lipinski definition) is 4. The molecule has 0 fully saturated rings. The van der Waals surface area contributed by atoms with Gasteiger partial charge in [-0.15, -0.1) is 0 Å². The van der Waals surface area contributed by atoms with Gasteiger partial charge in [0, 0.05) is 6.20 Å². The Morgan fingerprint density at radius 1 is 1.42 bits per heavy atom. The van der Waals surface area contributed by atoms with Gasteiger partial charge in [0.15, 0.2) is 0 Å². The Morgan fingerprint density at radius 2 is 2.05 bits per heavy atom. The summed E-state index contributed by atoms with van der Waals surface area (Å²) in [6, 6.07) is -0.256. The lowest BCUT2D eigenvalue weighted by Crippen LogP contribution is -2.40. The van der Waals surface area contributed by atoms with Gasteiger partial charge in [0.1, 0.15) is 5.82 Å². The summed E-state index contributed by atoms with van der Waals surface area (Å²) in [6.45, 7) is 9.70. The molecule has 0 aliphatic carbocycles. The van der Waals surface area contributed by atoms with Crippen LogP contribution in [0.2, 0.25) is 0 Å². The van der Waals surface area contributed by atoms with Crippen LogP contribution in [0.5, 0.6) is 0 Å². The largest absolute Gasteiger partial charge is 0.394 e. The number of nitrogens with one attached hydrogen (secondary N) is 1. The fraction of sp³-hybridized carbons (Fsp3) is 0.643. The number of amides is 1. The molecule has 5 heteroatoms. The molecule has 0 aliphatic heterocycles. The number of carbonyl (C=O) groups is 1. The van der Waals surface area contributed by atoms with Crippen molar-refractivity contribution in [2.45, 2.75) is 47.1 Å². The second-order valence-electron chi connectivity index (χ2n) is 6.03. The molecule has 1 unspecified atom stereocenters. The topological polar surface area (TPSA) is 75.1 Å². The first kappa shape index (κ1) is 15.6. The maximum atomic E-state index is 12.1. The maximum Gasteiger partial charge on any atom is 0.254 e. The lowest BCUT2D eigenvalue weighted by atomic mass is 9.88. The van der Waals surface area contributed by atoms with E-state index in [1.165, 1.54) is 6.20 Å². The summed E-state index contributed by atoms with van der Waals surface area (Å²) in [4.78, 5) is 20.3. The van der Waals surface area contributed by atoms with E-state index >= 15 is 0 Å². The summed E-state index contributed by atoms with van der Waals surface area (Å²) < 4.78 is 0. The average Bonchev–Trinajstić information content (AvgIpc) is 2.25. The molecule has 2 N–H and O–H groups in total. The fourth-order valence-corrected chi connectivity index (χ4v) is 1.97. The Kier molecular flexibility index (Phi) is 5.00. The van der Waals surface area contributed by atoms with Gasteiger partial charge < -0.3 is 10.4 Å². The highest BCUT2D eigenvalue weighted by atomic mass is 16.3. The van der Waals surface area contributed by atoms with Gasteiger partial charge in [-0.3, -0.25) is 4.79 Å². The fourth-order valence-electron chi connectivity index (χ4n) is 1.97. The van der Waals surface area contributed by atoms with Crippen molar-refractivity contribution in [3.05, 3.63) is 23.3 Å². The Morgan fingerprint density at radius 3 is 2.53 bits per heavy atom. The first-order chi connectivity index (χ1) is 8.73. The van der Waals surface area contributed by atoms with Crippen molar-refractivity contribution >= 4 is 5.91 Å². The molecule has 1 heterocycles. The van der Waals surface area contributed by atoms with Crippen LogP contribution in [0.1, 0.15) is 49.1 Å². The quantitative estimate of drug-likeness (QED) is 0.867. The average molecular weight is 265 g/mol. The van der Waals surface area contributed by atoms with Crippen LogP contribution in [0.15, 0.2) is 6.20 Å². The monoisotopic (exact) mass is 265 g/mol. The Balaban J connectivity index is 2.77. The van der Waals surface area contributed by atoms with Gasteiger partial charge in [0.2, 0.25) is 0 Å². The molecule has 0 saturated carbocycles. The normalized spacial score (nSPS) is 13.2. The molecule has 0 spiro atoms. The van der Waals surface area contributed by atoms with Crippen molar-refractivity contribution in [1.29, 1.82) is 0 Å². The van der Waals surface area contributed by atoms with E-state index in [0.29, 0.717) is 23.5 Å². The minimum absolute atomic E-state index is 0.0412. The number of aromatic nitrogens is 2. The minimum Gasteiger partial charge on any atom is -0.394 e. The molecule has 1 aromatic heterocycles. The van der Waals surface area contributed by atoms with Crippen LogP contribution < -0.4 is 5.32 Å². The number of aliphatic hydroxyl groups excluding tert-OH is 1. The molecule has 0 bridgehead atoms. The van der Waals surface area contributed by atoms with Crippen molar-refractivity contribution in [3.63, 3.8) is 0 Å². The second kappa shape index (κ2) is 6.10. The molecule has 5 nitrogen and oxygen atoms in total. The van der Waals surface area contributed by atoms with Gasteiger partial charge in [-0.2, -0.15) is 0 Å². The molecule has 1 aromatic rings. The van der Waals surface area contributed by atoms with E-state index in [0.717, 1.165) is 0 Å². The summed E-state index contributed by atoms with van der Waals surface area (Å²) in [6.07, 6.45) is 2.24. The van der Waals surface area contributed by atoms with Gasteiger partial charge in [-0.25, -0.2) is 9.97 Å². The molecule has 0 radical (unpaired) electrons. The van der Waals surface area contributed by atoms with Gasteiger partial charge >= 0.3 is 0 Å². The van der Waals surface area contributed by atoms with E-state index in [1.54, 1.807) is 13.8 Å². The molecule has 1 rings (SSSR count). The highest BCUT2D eigenvalue weighted by Crippen LogP contribution is 2.20. The van der Waals surface area contributed by atoms with Gasteiger partial charge in [-0.05, 0) is 25.7 Å². The summed E-state index contributed by atoms with van der Waals surface area (Å²) >= 11 is 0. The molecule has 0 saturated heterocycles. The number of carbonyl (C=O) groups excluding carboxylic acids is 1. The van der Waals surface area contributed by atoms with Gasteiger partial charge in [0.05, 0.1) is 23.9 Å². The third-order valence-corrected chi connectivity index (χ3v) is 2.76. The smallest absolute Gasteiger partial charge is 0.254 e. The Labute approximate surface area is 114 Å². The van der Waals surface area contributed by atoms with E-state index in [1.807, 2.05) is 0 Å². The number of aryl methyl sites for hydroxylation is 2. The standard InChI is InChI=1S/C14H23N3O2/c1-9-12(7-15-10(2)16-9)13(19)17-11(8-18)6-14(3,4)5/h7,11,18H,6,8H2,1-5H3,(H,17,19). The predicted octanol–water partition coefficient (Wildman–Crippen LogP) is 1.62. The van der Waals surface area contributed by atoms with E-state index in [2.05, 4.69) is 36.1 Å². The van der Waals surface area contributed by atoms with Gasteiger partial charge in [0.25, 0.3) is 5.91 Å². The lowest BCUT2D eigenvalue weighted by molar-refractivity contribution is 0.0896. The number of nitrogens with zero attached hydrogens (tertiary/aromatic N) is 2. The molecular formula is C14H23N3O2. The number of aliphatic hydroxyl groups is 1. The highest BCUT2D eigenvalue weighted by Gasteiger charge is 2.21. The summed E-state index contributed by atoms with van der Waals surface area (Å²) in [7, 11) is 0. The van der Waals surface area contributed by atoms with E-state index < -0.39 is 0 Å². The van der Waals surface area contributed by atoms with Crippen LogP contribution in [0, 0.1) is 19.3 Å². The lowest BCUT2D eigenvalue weighted by Gasteiger charge is -2.25. The molecule has 1 atom stereocenters. The molecule has 0 aliphatic rings. The first-order valence-corrected chi connectivity index (χ1v) is 6.45. The number of hydrogen-bond donors (Lipinski definition) is 2. The van der Waals surface area contributed by atoms with Crippen LogP contribution in [0.3, 0.4) is 0 Å². The minimum atomic E-state index is -0.256. The van der Waals surface area contributed by atoms with E-state index in [4.69, 9.17) is 0 Å². The zero-order valence-corrected chi connectivity index (χ0v) is 12.3. The van der Waals surface area contributed by atoms with Crippen LogP contribution >= 0.6 is 0 Å². The molecule has 0 aromatic carbocycles. The third-order valence-electron chi connectivity index (χ3n) is 2.76. The Bertz CT molecular complexity index is 452. The van der Waals surface area contributed by atoms with E-state index in [-0.39, 0.29) is 24.0 Å². The Hall–Kier alpha value is -1.49. The third kappa shape index (κ3) is 4.95. The first-order valence-electron chi connectivity index (χ1n) is 6.45. The molecule has 1 amide bonds. The molecule has 19 heavy (non-hydrogen) atoms. The summed E-state index contributed by atoms with van der Waals surface area (Å²) in [5.41, 5.74) is 1.15. The van der Waals surface area contributed by atoms with Crippen LogP contribution in [0.4, 0.5) is 0 Å². The SMILES string of the molecule is Cc1ncc(C(=O)NC(CO)CC(C)(C)C)c(C)n1. The van der Waals surface area contributed by atoms with Crippen molar-refractivity contribution < 1.29 is 9.90 Å². The van der Waals surface area contributed by atoms with E-state index in [9.17, 15) is 9.90 Å². The van der Waals surface area contributed by atoms with Gasteiger partial charge in [-0.1, -0.05) is 20.8 Å². The molecule has 106 valence electrons. The molecular weight excluding hydrogens is 242 g/mol. The summed E-state index contributed by atoms with van der Waals surface area (Å²) in [5.74, 6) is 0.406. The van der Waals surface area contributed by atoms with Crippen molar-refractivity contribution in [1.82, 2.24) is 15.3 Å². The summed E-state index contributed by atoms with van der Waals surface area (Å²) in [5, 5.41) is 12.2. The zero-order valence-electron chi connectivity index (χ0n) is 12.3. The highest BCUT2D eigenvalue weighted by molar-refractivity contribution is 5.95. The van der Waals surface area contributed by atoms with Crippen molar-refractivity contribution in [3.8, 4) is 0 Å². The van der Waals surface area contributed by atoms with Crippen molar-refractivity contribution in [2.24, 2.45) is 5.41 Å². The zero-order chi connectivity index (χ0) is 14.6. The maximum absolute atomic E-state index is 12.1. The number of rotatable bonds is 4.